The molecule has 0 bridgehead atoms. The first-order valence-electron chi connectivity index (χ1n) is 11.8. The molecule has 0 aliphatic carbocycles. The number of likely N-dealkylation sites (tertiary alicyclic amines) is 1. The molecule has 6 rings (SSSR count). The van der Waals surface area contributed by atoms with Crippen LogP contribution in [-0.4, -0.2) is 43.1 Å². The normalized spacial score (nSPS) is 20.6. The van der Waals surface area contributed by atoms with Crippen molar-refractivity contribution in [3.05, 3.63) is 80.8 Å². The zero-order chi connectivity index (χ0) is 24.9. The third kappa shape index (κ3) is 3.00. The molecule has 0 atom stereocenters. The van der Waals surface area contributed by atoms with Crippen molar-refractivity contribution in [1.82, 2.24) is 4.90 Å². The second-order valence-electron chi connectivity index (χ2n) is 10.6. The molecule has 176 valence electrons. The average Bonchev–Trinajstić information content (AvgIpc) is 3.25. The van der Waals surface area contributed by atoms with E-state index in [9.17, 15) is 9.59 Å². The molecule has 0 spiro atoms. The van der Waals surface area contributed by atoms with Crippen molar-refractivity contribution in [3.63, 3.8) is 0 Å². The third-order valence-electron chi connectivity index (χ3n) is 7.84. The predicted octanol–water partition coefficient (Wildman–Crippen LogP) is 5.63. The second-order valence-corrected chi connectivity index (χ2v) is 13.3. The summed E-state index contributed by atoms with van der Waals surface area (Å²) in [7, 11) is 1.65. The number of rotatable bonds is 1. The van der Waals surface area contributed by atoms with Gasteiger partial charge in [0, 0.05) is 0 Å². The van der Waals surface area contributed by atoms with Crippen molar-refractivity contribution in [3.8, 4) is 0 Å². The van der Waals surface area contributed by atoms with Crippen LogP contribution in [-0.2, 0) is 20.4 Å². The van der Waals surface area contributed by atoms with E-state index in [2.05, 4.69) is 81.1 Å². The van der Waals surface area contributed by atoms with Gasteiger partial charge in [-0.15, -0.1) is 0 Å². The molecule has 3 aromatic rings. The number of anilines is 3. The number of carbonyl (C=O) groups is 2. The molecule has 3 aliphatic rings. The molecule has 35 heavy (non-hydrogen) atoms. The van der Waals surface area contributed by atoms with Gasteiger partial charge in [-0.1, -0.05) is 0 Å². The molecule has 1 aromatic heterocycles. The van der Waals surface area contributed by atoms with Crippen LogP contribution >= 0.6 is 12.2 Å². The Labute approximate surface area is 217 Å². The summed E-state index contributed by atoms with van der Waals surface area (Å²) >= 11 is 5.15. The summed E-state index contributed by atoms with van der Waals surface area (Å²) in [5.41, 5.74) is 7.68. The molecule has 1 saturated heterocycles. The summed E-state index contributed by atoms with van der Waals surface area (Å²) in [5.74, 6) is -0.489. The number of hydrogen-bond acceptors (Lipinski definition) is 4. The van der Waals surface area contributed by atoms with Crippen LogP contribution < -0.4 is 4.90 Å². The Morgan fingerprint density at radius 2 is 1.54 bits per heavy atom. The van der Waals surface area contributed by atoms with E-state index in [1.54, 1.807) is 7.05 Å². The molecule has 4 nitrogen and oxygen atoms in total. The van der Waals surface area contributed by atoms with E-state index in [0.717, 1.165) is 4.44 Å². The number of carbonyl (C=O) groups excluding carboxylic acids is 2. The molecule has 0 N–H and O–H groups in total. The van der Waals surface area contributed by atoms with E-state index in [4.69, 9.17) is 12.2 Å². The Kier molecular flexibility index (Phi) is 4.76. The molecule has 2 aromatic carbocycles. The molecule has 1 amide bonds. The fraction of sp³-hybridized carbons (Fsp3) is 0.276. The summed E-state index contributed by atoms with van der Waals surface area (Å²) in [5, 5.41) is 0. The average molecular weight is 546 g/mol. The van der Waals surface area contributed by atoms with Gasteiger partial charge in [-0.2, -0.15) is 0 Å². The van der Waals surface area contributed by atoms with Gasteiger partial charge in [0.25, 0.3) is 0 Å². The quantitative estimate of drug-likeness (QED) is 0.172. The Morgan fingerprint density at radius 1 is 0.914 bits per heavy atom. The maximum atomic E-state index is 12.9. The fourth-order valence-electron chi connectivity index (χ4n) is 5.75. The van der Waals surface area contributed by atoms with Crippen molar-refractivity contribution < 1.29 is 9.59 Å². The summed E-state index contributed by atoms with van der Waals surface area (Å²) in [6, 6.07) is 17.6. The zero-order valence-corrected chi connectivity index (χ0v) is 23.0. The van der Waals surface area contributed by atoms with Gasteiger partial charge >= 0.3 is 218 Å². The van der Waals surface area contributed by atoms with Crippen LogP contribution in [0.1, 0.15) is 60.8 Å². The zero-order valence-electron chi connectivity index (χ0n) is 20.4. The number of hydrogen-bond donors (Lipinski definition) is 0. The van der Waals surface area contributed by atoms with Gasteiger partial charge < -0.3 is 0 Å². The van der Waals surface area contributed by atoms with E-state index in [1.807, 2.05) is 6.08 Å². The summed E-state index contributed by atoms with van der Waals surface area (Å²) in [6.45, 7) is 9.19. The maximum absolute atomic E-state index is 12.9. The van der Waals surface area contributed by atoms with Crippen LogP contribution in [0, 0.1) is 0 Å². The Hall–Kier alpha value is -2.79. The Morgan fingerprint density at radius 3 is 2.26 bits per heavy atom. The molecule has 6 heteroatoms. The summed E-state index contributed by atoms with van der Waals surface area (Å²) in [6.07, 6.45) is 1.94. The number of piperidine rings is 1. The minimum absolute atomic E-state index is 0.0594. The van der Waals surface area contributed by atoms with E-state index in [0.29, 0.717) is 4.99 Å². The number of fused-ring (bicyclic) bond motifs is 4. The number of benzene rings is 2. The number of likely N-dealkylation sites (N-methyl/N-ethyl adjacent to an activating group) is 1. The number of nitrogens with zero attached hydrogens (tertiary/aromatic N) is 2. The van der Waals surface area contributed by atoms with Crippen LogP contribution in [0.4, 0.5) is 15.9 Å². The van der Waals surface area contributed by atoms with Crippen molar-refractivity contribution in [1.29, 1.82) is 0 Å². The first-order chi connectivity index (χ1) is 16.5. The predicted molar refractivity (Wildman–Crippen MR) is 145 cm³/mol. The van der Waals surface area contributed by atoms with Gasteiger partial charge in [-0.3, -0.25) is 0 Å². The Bertz CT molecular complexity index is 1510. The van der Waals surface area contributed by atoms with Gasteiger partial charge in [0.2, 0.25) is 0 Å². The van der Waals surface area contributed by atoms with E-state index in [1.165, 1.54) is 43.1 Å². The van der Waals surface area contributed by atoms with Crippen LogP contribution in [0.5, 0.6) is 0 Å². The Balaban J connectivity index is 1.59. The van der Waals surface area contributed by atoms with Crippen LogP contribution in [0.3, 0.4) is 0 Å². The third-order valence-corrected chi connectivity index (χ3v) is 10.5. The topological polar surface area (TPSA) is 40.6 Å². The van der Waals surface area contributed by atoms with Crippen LogP contribution in [0.15, 0.2) is 54.1 Å². The van der Waals surface area contributed by atoms with E-state index < -0.39 is 0 Å². The van der Waals surface area contributed by atoms with E-state index in [-0.39, 0.29) is 49.0 Å². The summed E-state index contributed by atoms with van der Waals surface area (Å²) in [4.78, 5) is 29.9. The van der Waals surface area contributed by atoms with Gasteiger partial charge in [-0.25, -0.2) is 0 Å². The number of para-hydroxylation sites is 2. The number of thiocarbonyl (C=S) groups is 1. The first-order valence-corrected chi connectivity index (χ1v) is 13.9. The standard InChI is InChI=1S/C29H26N2O2SSe/c1-28(2)18-9-6-7-12-22(18)31-25-19(28)10-8-11-20(25)29(3,4)21-14-16(35-27(21)31)13-17-23(32)15-24(34)30(5)26(17)33/h6-14H,15H2,1-5H3/b17-13+. The summed E-state index contributed by atoms with van der Waals surface area (Å²) < 4.78 is 2.34. The van der Waals surface area contributed by atoms with Gasteiger partial charge in [-0.05, 0) is 0 Å². The number of Topliss-reactive ketones (excluding diaryl/α,β-unsaturated/α-hetero) is 1. The fourth-order valence-corrected chi connectivity index (χ4v) is 8.65. The molecule has 0 saturated carbocycles. The number of amides is 1. The van der Waals surface area contributed by atoms with Gasteiger partial charge in [0.1, 0.15) is 0 Å². The monoisotopic (exact) mass is 546 g/mol. The molecular weight excluding hydrogens is 519 g/mol. The van der Waals surface area contributed by atoms with Crippen molar-refractivity contribution in [2.45, 2.75) is 44.9 Å². The molecule has 0 unspecified atom stereocenters. The molecular formula is C29H26N2O2SSe. The molecule has 0 radical (unpaired) electrons. The minimum atomic E-state index is -0.303. The second kappa shape index (κ2) is 7.36. The molecule has 4 heterocycles. The SMILES string of the molecule is CN1C(=O)/C(=C/c2cc3c([se]2)N2c4ccccc4C(C)(C)c4cccc(c42)C3(C)C)C(=O)CC1=S. The first kappa shape index (κ1) is 22.7. The van der Waals surface area contributed by atoms with Gasteiger partial charge in [0.05, 0.1) is 0 Å². The molecule has 1 fully saturated rings. The van der Waals surface area contributed by atoms with Crippen molar-refractivity contribution in [2.75, 3.05) is 11.9 Å². The van der Waals surface area contributed by atoms with Crippen molar-refractivity contribution >= 4 is 65.4 Å². The van der Waals surface area contributed by atoms with E-state index >= 15 is 0 Å². The van der Waals surface area contributed by atoms with Crippen LogP contribution in [0.25, 0.3) is 6.08 Å². The van der Waals surface area contributed by atoms with Crippen molar-refractivity contribution in [2.24, 2.45) is 0 Å². The molecule has 3 aliphatic heterocycles. The van der Waals surface area contributed by atoms with Crippen LogP contribution in [0.2, 0.25) is 0 Å². The number of ketones is 1. The van der Waals surface area contributed by atoms with Gasteiger partial charge in [0.15, 0.2) is 0 Å².